The van der Waals surface area contributed by atoms with Crippen LogP contribution in [0, 0.1) is 18.3 Å². The Hall–Kier alpha value is -4.00. The molecule has 0 radical (unpaired) electrons. The lowest BCUT2D eigenvalue weighted by molar-refractivity contribution is 0.329. The minimum absolute atomic E-state index is 0.00684. The SMILES string of the molecule is BC(B)(B)NCc1ccc(-n2cc(-c3nc(NC4CCN(S(=O)(=O)c5cnn(C)c5)CC4)ncc3C#N)cn2)c(C)n1. The van der Waals surface area contributed by atoms with E-state index in [0.29, 0.717) is 55.2 Å². The molecule has 4 aromatic heterocycles. The number of nitrogens with zero attached hydrogens (tertiary/aromatic N) is 9. The zero-order valence-electron chi connectivity index (χ0n) is 24.4. The van der Waals surface area contributed by atoms with E-state index in [0.717, 1.165) is 17.1 Å². The van der Waals surface area contributed by atoms with Crippen molar-refractivity contribution in [1.29, 1.82) is 5.26 Å². The van der Waals surface area contributed by atoms with Gasteiger partial charge in [0, 0.05) is 50.7 Å². The molecule has 214 valence electrons. The highest BCUT2D eigenvalue weighted by molar-refractivity contribution is 7.89. The third-order valence-corrected chi connectivity index (χ3v) is 8.89. The van der Waals surface area contributed by atoms with E-state index in [2.05, 4.69) is 60.4 Å². The van der Waals surface area contributed by atoms with Gasteiger partial charge in [-0.2, -0.15) is 19.8 Å². The number of anilines is 1. The predicted molar refractivity (Wildman–Crippen MR) is 166 cm³/mol. The molecule has 0 aliphatic carbocycles. The second-order valence-electron chi connectivity index (χ2n) is 11.4. The van der Waals surface area contributed by atoms with Gasteiger partial charge in [0.1, 0.15) is 34.5 Å². The van der Waals surface area contributed by atoms with Gasteiger partial charge in [0.05, 0.1) is 46.9 Å². The fourth-order valence-electron chi connectivity index (χ4n) is 4.74. The monoisotopic (exact) mass is 583 g/mol. The summed E-state index contributed by atoms with van der Waals surface area (Å²) in [5.74, 6) is 0.374. The summed E-state index contributed by atoms with van der Waals surface area (Å²) in [5.41, 5.74) is 4.08. The molecule has 0 atom stereocenters. The number of pyridine rings is 1. The van der Waals surface area contributed by atoms with Crippen LogP contribution in [0.1, 0.15) is 29.8 Å². The van der Waals surface area contributed by atoms with Crippen LogP contribution in [0.3, 0.4) is 0 Å². The summed E-state index contributed by atoms with van der Waals surface area (Å²) in [6.45, 7) is 3.33. The van der Waals surface area contributed by atoms with Crippen LogP contribution in [0.5, 0.6) is 0 Å². The maximum atomic E-state index is 12.9. The van der Waals surface area contributed by atoms with Gasteiger partial charge in [0.15, 0.2) is 0 Å². The van der Waals surface area contributed by atoms with Gasteiger partial charge in [-0.3, -0.25) is 9.67 Å². The van der Waals surface area contributed by atoms with E-state index in [9.17, 15) is 13.7 Å². The van der Waals surface area contributed by atoms with E-state index in [-0.39, 0.29) is 16.2 Å². The molecule has 1 aliphatic rings. The fourth-order valence-corrected chi connectivity index (χ4v) is 6.19. The van der Waals surface area contributed by atoms with Gasteiger partial charge in [0.25, 0.3) is 0 Å². The first kappa shape index (κ1) is 29.5. The van der Waals surface area contributed by atoms with Crippen molar-refractivity contribution in [2.24, 2.45) is 7.05 Å². The lowest BCUT2D eigenvalue weighted by atomic mass is 9.49. The van der Waals surface area contributed by atoms with Crippen LogP contribution in [-0.2, 0) is 23.6 Å². The van der Waals surface area contributed by atoms with Crippen molar-refractivity contribution in [3.05, 3.63) is 60.1 Å². The van der Waals surface area contributed by atoms with Gasteiger partial charge in [-0.25, -0.2) is 23.1 Å². The van der Waals surface area contributed by atoms with E-state index in [1.807, 2.05) is 25.3 Å². The van der Waals surface area contributed by atoms with Gasteiger partial charge < -0.3 is 10.6 Å². The quantitative estimate of drug-likeness (QED) is 0.222. The second-order valence-corrected chi connectivity index (χ2v) is 13.4. The highest BCUT2D eigenvalue weighted by Gasteiger charge is 2.30. The summed E-state index contributed by atoms with van der Waals surface area (Å²) >= 11 is 0. The number of hydrogen-bond donors (Lipinski definition) is 2. The molecular formula is C25H32B3N11O2S. The summed E-state index contributed by atoms with van der Waals surface area (Å²) in [7, 11) is 4.45. The first-order valence-corrected chi connectivity index (χ1v) is 15.2. The highest BCUT2D eigenvalue weighted by atomic mass is 32.2. The van der Waals surface area contributed by atoms with Gasteiger partial charge in [-0.15, -0.1) is 0 Å². The zero-order valence-corrected chi connectivity index (χ0v) is 25.2. The number of hydrogen-bond acceptors (Lipinski definition) is 10. The van der Waals surface area contributed by atoms with Crippen molar-refractivity contribution in [3.8, 4) is 23.0 Å². The average molecular weight is 583 g/mol. The Kier molecular flexibility index (Phi) is 8.22. The highest BCUT2D eigenvalue weighted by Crippen LogP contribution is 2.25. The molecule has 0 bridgehead atoms. The predicted octanol–water partition coefficient (Wildman–Crippen LogP) is -1.50. The van der Waals surface area contributed by atoms with E-state index in [1.54, 1.807) is 17.9 Å². The smallest absolute Gasteiger partial charge is 0.246 e. The normalized spacial score (nSPS) is 15.0. The Bertz CT molecular complexity index is 1740. The molecule has 1 saturated heterocycles. The average Bonchev–Trinajstić information content (AvgIpc) is 3.62. The maximum Gasteiger partial charge on any atom is 0.246 e. The maximum absolute atomic E-state index is 12.9. The minimum atomic E-state index is -3.59. The van der Waals surface area contributed by atoms with Crippen molar-refractivity contribution < 1.29 is 8.42 Å². The first-order chi connectivity index (χ1) is 19.9. The first-order valence-electron chi connectivity index (χ1n) is 13.7. The van der Waals surface area contributed by atoms with Crippen LogP contribution >= 0.6 is 0 Å². The van der Waals surface area contributed by atoms with E-state index < -0.39 is 10.0 Å². The standard InChI is InChI=1S/C25H32B3N11O2S/c1-16-22(4-3-20(34-16)12-31-25(26,27)28)39-14-18(11-33-39)23-17(9-29)10-30-24(36-23)35-19-5-7-38(8-6-19)42(40,41)21-13-32-37(2)15-21/h3-4,10-11,13-15,19,31H,5-8,12,26-28H2,1-2H3,(H,30,35,36). The van der Waals surface area contributed by atoms with Crippen molar-refractivity contribution >= 4 is 39.5 Å². The Balaban J connectivity index is 1.28. The molecule has 5 rings (SSSR count). The molecule has 0 unspecified atom stereocenters. The van der Waals surface area contributed by atoms with Crippen LogP contribution in [0.4, 0.5) is 5.95 Å². The minimum Gasteiger partial charge on any atom is -0.351 e. The molecule has 1 fully saturated rings. The summed E-state index contributed by atoms with van der Waals surface area (Å²) in [6, 6.07) is 6.11. The van der Waals surface area contributed by atoms with Gasteiger partial charge in [0.2, 0.25) is 16.0 Å². The number of aromatic nitrogens is 7. The van der Waals surface area contributed by atoms with Crippen molar-refractivity contribution in [1.82, 2.24) is 44.1 Å². The van der Waals surface area contributed by atoms with Gasteiger partial charge in [-0.05, 0) is 31.9 Å². The van der Waals surface area contributed by atoms with E-state index in [4.69, 9.17) is 4.98 Å². The number of aryl methyl sites for hydroxylation is 2. The number of nitrogens with one attached hydrogen (secondary N) is 2. The van der Waals surface area contributed by atoms with E-state index >= 15 is 0 Å². The molecule has 42 heavy (non-hydrogen) atoms. The van der Waals surface area contributed by atoms with Gasteiger partial charge >= 0.3 is 0 Å². The summed E-state index contributed by atoms with van der Waals surface area (Å²) in [4.78, 5) is 13.9. The lowest BCUT2D eigenvalue weighted by Gasteiger charge is -2.31. The van der Waals surface area contributed by atoms with Crippen LogP contribution in [0.25, 0.3) is 16.9 Å². The Morgan fingerprint density at radius 3 is 2.50 bits per heavy atom. The third kappa shape index (κ3) is 6.56. The Morgan fingerprint density at radius 1 is 1.10 bits per heavy atom. The molecule has 0 amide bonds. The van der Waals surface area contributed by atoms with Gasteiger partial charge in [-0.1, -0.05) is 5.24 Å². The summed E-state index contributed by atoms with van der Waals surface area (Å²) < 4.78 is 30.5. The molecular weight excluding hydrogens is 551 g/mol. The third-order valence-electron chi connectivity index (χ3n) is 7.03. The van der Waals surface area contributed by atoms with Crippen LogP contribution in [0.2, 0.25) is 0 Å². The second kappa shape index (κ2) is 11.7. The molecule has 0 saturated carbocycles. The number of nitriles is 1. The Labute approximate surface area is 248 Å². The summed E-state index contributed by atoms with van der Waals surface area (Å²) in [6.07, 6.45) is 9.04. The fraction of sp³-hybridized carbons (Fsp3) is 0.360. The van der Waals surface area contributed by atoms with E-state index in [1.165, 1.54) is 27.6 Å². The zero-order chi connectivity index (χ0) is 30.1. The molecule has 4 aromatic rings. The molecule has 5 heterocycles. The molecule has 13 nitrogen and oxygen atoms in total. The van der Waals surface area contributed by atoms with Crippen LogP contribution < -0.4 is 10.6 Å². The molecule has 2 N–H and O–H groups in total. The van der Waals surface area contributed by atoms with Crippen LogP contribution in [-0.4, -0.2) is 95.1 Å². The Morgan fingerprint density at radius 2 is 1.86 bits per heavy atom. The number of sulfonamides is 1. The molecule has 1 aliphatic heterocycles. The lowest BCUT2D eigenvalue weighted by Crippen LogP contribution is -2.46. The molecule has 0 aromatic carbocycles. The topological polar surface area (TPSA) is 160 Å². The largest absolute Gasteiger partial charge is 0.351 e. The number of piperidine rings is 1. The molecule has 17 heteroatoms. The summed E-state index contributed by atoms with van der Waals surface area (Å²) in [5, 5.41) is 25.0. The van der Waals surface area contributed by atoms with Crippen molar-refractivity contribution in [2.45, 2.75) is 42.5 Å². The number of rotatable bonds is 9. The van der Waals surface area contributed by atoms with Crippen molar-refractivity contribution in [3.63, 3.8) is 0 Å². The van der Waals surface area contributed by atoms with Crippen LogP contribution in [0.15, 0.2) is 48.0 Å². The van der Waals surface area contributed by atoms with Crippen molar-refractivity contribution in [2.75, 3.05) is 18.4 Å². The molecule has 0 spiro atoms.